The van der Waals surface area contributed by atoms with Crippen molar-refractivity contribution in [2.24, 2.45) is 11.5 Å². The second kappa shape index (κ2) is 7.17. The number of nitrogens with two attached hydrogens (primary N) is 2. The number of hydrogen-bond acceptors (Lipinski definition) is 4. The molecular weight excluding hydrogens is 290 g/mol. The Morgan fingerprint density at radius 1 is 1.00 bits per heavy atom. The smallest absolute Gasteiger partial charge is 0.252 e. The van der Waals surface area contributed by atoms with Crippen LogP contribution in [-0.4, -0.2) is 13.0 Å². The third-order valence-corrected chi connectivity index (χ3v) is 3.27. The van der Waals surface area contributed by atoms with Crippen molar-refractivity contribution in [2.45, 2.75) is 0 Å². The van der Waals surface area contributed by atoms with Gasteiger partial charge in [0.1, 0.15) is 17.3 Å². The number of ether oxygens (including phenoxy) is 1. The molecule has 118 valence electrons. The van der Waals surface area contributed by atoms with E-state index in [1.165, 1.54) is 0 Å². The molecule has 23 heavy (non-hydrogen) atoms. The first-order valence-electron chi connectivity index (χ1n) is 7.03. The minimum absolute atomic E-state index is 0.171. The summed E-state index contributed by atoms with van der Waals surface area (Å²) in [4.78, 5) is 11.6. The van der Waals surface area contributed by atoms with Crippen LogP contribution in [0, 0.1) is 0 Å². The monoisotopic (exact) mass is 309 g/mol. The largest absolute Gasteiger partial charge is 0.457 e. The molecule has 5 nitrogen and oxygen atoms in total. The van der Waals surface area contributed by atoms with E-state index < -0.39 is 5.91 Å². The SMILES string of the molecule is C=C(/C(C(N)=O)=C(/N)NC)c1ccc(Oc2ccccc2)cc1. The van der Waals surface area contributed by atoms with Crippen LogP contribution in [-0.2, 0) is 4.79 Å². The lowest BCUT2D eigenvalue weighted by Gasteiger charge is -2.12. The van der Waals surface area contributed by atoms with E-state index in [4.69, 9.17) is 16.2 Å². The molecule has 0 fully saturated rings. The highest BCUT2D eigenvalue weighted by Gasteiger charge is 2.15. The van der Waals surface area contributed by atoms with Gasteiger partial charge < -0.3 is 21.5 Å². The van der Waals surface area contributed by atoms with Crippen LogP contribution < -0.4 is 21.5 Å². The molecule has 0 radical (unpaired) electrons. The predicted octanol–water partition coefficient (Wildman–Crippen LogP) is 2.37. The fraction of sp³-hybridized carbons (Fsp3) is 0.0556. The Labute approximate surface area is 135 Å². The summed E-state index contributed by atoms with van der Waals surface area (Å²) in [5.41, 5.74) is 12.5. The molecule has 2 rings (SSSR count). The number of hydrogen-bond donors (Lipinski definition) is 3. The zero-order chi connectivity index (χ0) is 16.8. The average Bonchev–Trinajstić information content (AvgIpc) is 2.56. The molecule has 5 N–H and O–H groups in total. The molecule has 2 aromatic rings. The van der Waals surface area contributed by atoms with E-state index in [2.05, 4.69) is 11.9 Å². The van der Waals surface area contributed by atoms with E-state index in [1.807, 2.05) is 30.3 Å². The zero-order valence-corrected chi connectivity index (χ0v) is 12.9. The van der Waals surface area contributed by atoms with Gasteiger partial charge in [-0.05, 0) is 35.4 Å². The van der Waals surface area contributed by atoms with Crippen LogP contribution in [0.3, 0.4) is 0 Å². The second-order valence-corrected chi connectivity index (χ2v) is 4.82. The number of primary amides is 1. The number of benzene rings is 2. The number of carbonyl (C=O) groups excluding carboxylic acids is 1. The minimum Gasteiger partial charge on any atom is -0.457 e. The van der Waals surface area contributed by atoms with Crippen LogP contribution in [0.1, 0.15) is 5.56 Å². The molecule has 0 aliphatic rings. The normalized spacial score (nSPS) is 11.3. The summed E-state index contributed by atoms with van der Waals surface area (Å²) >= 11 is 0. The Balaban J connectivity index is 2.22. The highest BCUT2D eigenvalue weighted by atomic mass is 16.5. The van der Waals surface area contributed by atoms with Crippen LogP contribution >= 0.6 is 0 Å². The summed E-state index contributed by atoms with van der Waals surface area (Å²) in [7, 11) is 1.61. The van der Waals surface area contributed by atoms with Crippen molar-refractivity contribution in [3.05, 3.63) is 78.1 Å². The first kappa shape index (κ1) is 16.2. The quantitative estimate of drug-likeness (QED) is 0.564. The third kappa shape index (κ3) is 3.91. The van der Waals surface area contributed by atoms with Gasteiger partial charge in [0.15, 0.2) is 0 Å². The highest BCUT2D eigenvalue weighted by molar-refractivity contribution is 6.08. The molecule has 5 heteroatoms. The lowest BCUT2D eigenvalue weighted by molar-refractivity contribution is -0.114. The van der Waals surface area contributed by atoms with Gasteiger partial charge in [-0.1, -0.05) is 36.9 Å². The van der Waals surface area contributed by atoms with Gasteiger partial charge >= 0.3 is 0 Å². The maximum absolute atomic E-state index is 11.6. The topological polar surface area (TPSA) is 90.4 Å². The lowest BCUT2D eigenvalue weighted by atomic mass is 9.99. The Hall–Kier alpha value is -3.21. The molecule has 0 aromatic heterocycles. The number of para-hydroxylation sites is 1. The van der Waals surface area contributed by atoms with Gasteiger partial charge in [0.2, 0.25) is 0 Å². The summed E-state index contributed by atoms with van der Waals surface area (Å²) in [6, 6.07) is 16.6. The molecule has 0 spiro atoms. The van der Waals surface area contributed by atoms with Gasteiger partial charge in [-0.3, -0.25) is 4.79 Å². The van der Waals surface area contributed by atoms with Crippen molar-refractivity contribution >= 4 is 11.5 Å². The van der Waals surface area contributed by atoms with Crippen molar-refractivity contribution in [1.82, 2.24) is 5.32 Å². The lowest BCUT2D eigenvalue weighted by Crippen LogP contribution is -2.25. The van der Waals surface area contributed by atoms with Crippen molar-refractivity contribution in [3.63, 3.8) is 0 Å². The Bertz CT molecular complexity index is 735. The van der Waals surface area contributed by atoms with Crippen molar-refractivity contribution < 1.29 is 9.53 Å². The van der Waals surface area contributed by atoms with E-state index in [1.54, 1.807) is 31.3 Å². The Kier molecular flexibility index (Phi) is 5.04. The molecular formula is C18H19N3O2. The number of rotatable bonds is 6. The van der Waals surface area contributed by atoms with Crippen molar-refractivity contribution in [3.8, 4) is 11.5 Å². The van der Waals surface area contributed by atoms with Crippen molar-refractivity contribution in [2.75, 3.05) is 7.05 Å². The Morgan fingerprint density at radius 2 is 1.57 bits per heavy atom. The maximum atomic E-state index is 11.6. The number of amides is 1. The van der Waals surface area contributed by atoms with Gasteiger partial charge in [0.25, 0.3) is 5.91 Å². The zero-order valence-electron chi connectivity index (χ0n) is 12.9. The van der Waals surface area contributed by atoms with Gasteiger partial charge in [-0.25, -0.2) is 0 Å². The average molecular weight is 309 g/mol. The van der Waals surface area contributed by atoms with Crippen LogP contribution in [0.4, 0.5) is 0 Å². The molecule has 1 amide bonds. The molecule has 0 heterocycles. The van der Waals surface area contributed by atoms with Crippen LogP contribution in [0.25, 0.3) is 5.57 Å². The number of carbonyl (C=O) groups is 1. The molecule has 0 atom stereocenters. The first-order valence-corrected chi connectivity index (χ1v) is 7.03. The third-order valence-electron chi connectivity index (χ3n) is 3.27. The van der Waals surface area contributed by atoms with Gasteiger partial charge in [-0.15, -0.1) is 0 Å². The van der Waals surface area contributed by atoms with E-state index in [0.717, 1.165) is 11.3 Å². The highest BCUT2D eigenvalue weighted by Crippen LogP contribution is 2.26. The summed E-state index contributed by atoms with van der Waals surface area (Å²) in [5.74, 6) is 0.980. The molecule has 0 unspecified atom stereocenters. The summed E-state index contributed by atoms with van der Waals surface area (Å²) in [6.45, 7) is 3.91. The van der Waals surface area contributed by atoms with Crippen LogP contribution in [0.2, 0.25) is 0 Å². The predicted molar refractivity (Wildman–Crippen MR) is 91.5 cm³/mol. The summed E-state index contributed by atoms with van der Waals surface area (Å²) < 4.78 is 5.72. The minimum atomic E-state index is -0.633. The Morgan fingerprint density at radius 3 is 2.09 bits per heavy atom. The maximum Gasteiger partial charge on any atom is 0.252 e. The molecule has 0 bridgehead atoms. The summed E-state index contributed by atoms with van der Waals surface area (Å²) in [5, 5.41) is 2.71. The van der Waals surface area contributed by atoms with Crippen LogP contribution in [0.15, 0.2) is 72.6 Å². The molecule has 0 aliphatic heterocycles. The second-order valence-electron chi connectivity index (χ2n) is 4.82. The van der Waals surface area contributed by atoms with E-state index >= 15 is 0 Å². The van der Waals surface area contributed by atoms with E-state index in [0.29, 0.717) is 11.3 Å². The van der Waals surface area contributed by atoms with Gasteiger partial charge in [-0.2, -0.15) is 0 Å². The van der Waals surface area contributed by atoms with E-state index in [-0.39, 0.29) is 11.4 Å². The van der Waals surface area contributed by atoms with Crippen LogP contribution in [0.5, 0.6) is 11.5 Å². The molecule has 0 saturated carbocycles. The van der Waals surface area contributed by atoms with E-state index in [9.17, 15) is 4.79 Å². The number of nitrogens with one attached hydrogen (secondary N) is 1. The first-order chi connectivity index (χ1) is 11.0. The van der Waals surface area contributed by atoms with Crippen molar-refractivity contribution in [1.29, 1.82) is 0 Å². The molecule has 0 aliphatic carbocycles. The fourth-order valence-electron chi connectivity index (χ4n) is 2.06. The fourth-order valence-corrected chi connectivity index (χ4v) is 2.06. The van der Waals surface area contributed by atoms with Gasteiger partial charge in [0.05, 0.1) is 5.57 Å². The summed E-state index contributed by atoms with van der Waals surface area (Å²) in [6.07, 6.45) is 0. The molecule has 2 aromatic carbocycles. The molecule has 0 saturated heterocycles. The standard InChI is InChI=1S/C18H19N3O2/c1-12(16(18(20)22)17(19)21-2)13-8-10-15(11-9-13)23-14-6-4-3-5-7-14/h3-11,21H,1,19H2,2H3,(H2,20,22)/b17-16+. The van der Waals surface area contributed by atoms with Gasteiger partial charge in [0, 0.05) is 7.05 Å².